The highest BCUT2D eigenvalue weighted by atomic mass is 16.6. The fourth-order valence-corrected chi connectivity index (χ4v) is 3.20. The summed E-state index contributed by atoms with van der Waals surface area (Å²) in [6.45, 7) is 5.56. The second-order valence-electron chi connectivity index (χ2n) is 7.49. The third-order valence-electron chi connectivity index (χ3n) is 4.64. The second-order valence-corrected chi connectivity index (χ2v) is 7.49. The van der Waals surface area contributed by atoms with Gasteiger partial charge in [-0.2, -0.15) is 0 Å². The molecular weight excluding hydrogens is 376 g/mol. The molecular formula is C21H28N2O6. The molecule has 0 saturated heterocycles. The van der Waals surface area contributed by atoms with Crippen LogP contribution in [0.3, 0.4) is 0 Å². The van der Waals surface area contributed by atoms with E-state index in [2.05, 4.69) is 0 Å². The van der Waals surface area contributed by atoms with E-state index in [-0.39, 0.29) is 17.1 Å². The molecule has 29 heavy (non-hydrogen) atoms. The standard InChI is InChI=1S/C21H28N2O6/c1-12(2)19(25)17-18(23(10-9-22(4)5)21(27)20(17)26)14-7-8-15(28-6)16(11-14)29-13(3)24/h7-8,11-12,18,26H,9-10H2,1-6H3. The van der Waals surface area contributed by atoms with Crippen LogP contribution >= 0.6 is 0 Å². The molecule has 0 fully saturated rings. The Morgan fingerprint density at radius 2 is 1.90 bits per heavy atom. The number of carbonyl (C=O) groups is 3. The molecule has 0 aromatic heterocycles. The molecule has 1 aliphatic rings. The minimum absolute atomic E-state index is 0.0581. The van der Waals surface area contributed by atoms with Crippen LogP contribution in [-0.2, 0) is 14.4 Å². The molecule has 0 bridgehead atoms. The first-order valence-corrected chi connectivity index (χ1v) is 9.37. The maximum atomic E-state index is 12.8. The fraction of sp³-hybridized carbons (Fsp3) is 0.476. The Bertz CT molecular complexity index is 844. The van der Waals surface area contributed by atoms with Gasteiger partial charge in [-0.25, -0.2) is 0 Å². The third-order valence-corrected chi connectivity index (χ3v) is 4.64. The van der Waals surface area contributed by atoms with Gasteiger partial charge in [0.25, 0.3) is 5.91 Å². The maximum absolute atomic E-state index is 12.8. The number of Topliss-reactive ketones (excluding diaryl/α,β-unsaturated/α-hetero) is 1. The lowest BCUT2D eigenvalue weighted by atomic mass is 9.91. The van der Waals surface area contributed by atoms with Crippen molar-refractivity contribution in [3.8, 4) is 11.5 Å². The second kappa shape index (κ2) is 9.09. The van der Waals surface area contributed by atoms with Gasteiger partial charge in [0.1, 0.15) is 0 Å². The number of likely N-dealkylation sites (N-methyl/N-ethyl adjacent to an activating group) is 1. The summed E-state index contributed by atoms with van der Waals surface area (Å²) in [6.07, 6.45) is 0. The summed E-state index contributed by atoms with van der Waals surface area (Å²) in [5.41, 5.74) is 0.602. The van der Waals surface area contributed by atoms with Crippen LogP contribution < -0.4 is 9.47 Å². The van der Waals surface area contributed by atoms with E-state index in [4.69, 9.17) is 9.47 Å². The summed E-state index contributed by atoms with van der Waals surface area (Å²) < 4.78 is 10.5. The van der Waals surface area contributed by atoms with E-state index in [9.17, 15) is 19.5 Å². The van der Waals surface area contributed by atoms with Crippen molar-refractivity contribution in [3.05, 3.63) is 35.1 Å². The summed E-state index contributed by atoms with van der Waals surface area (Å²) in [5, 5.41) is 10.5. The van der Waals surface area contributed by atoms with Gasteiger partial charge in [-0.15, -0.1) is 0 Å². The van der Waals surface area contributed by atoms with E-state index in [0.717, 1.165) is 0 Å². The van der Waals surface area contributed by atoms with Crippen LogP contribution in [-0.4, -0.2) is 66.9 Å². The summed E-state index contributed by atoms with van der Waals surface area (Å²) >= 11 is 0. The number of aliphatic hydroxyl groups excluding tert-OH is 1. The Labute approximate surface area is 170 Å². The van der Waals surface area contributed by atoms with Crippen LogP contribution in [0.5, 0.6) is 11.5 Å². The number of hydrogen-bond acceptors (Lipinski definition) is 7. The lowest BCUT2D eigenvalue weighted by molar-refractivity contribution is -0.132. The predicted octanol–water partition coefficient (Wildman–Crippen LogP) is 2.10. The van der Waals surface area contributed by atoms with E-state index in [1.165, 1.54) is 18.9 Å². The highest BCUT2D eigenvalue weighted by molar-refractivity contribution is 6.09. The smallest absolute Gasteiger partial charge is 0.308 e. The first kappa shape index (κ1) is 22.4. The Morgan fingerprint density at radius 3 is 2.41 bits per heavy atom. The van der Waals surface area contributed by atoms with Crippen LogP contribution in [0.1, 0.15) is 32.4 Å². The molecule has 8 nitrogen and oxygen atoms in total. The average Bonchev–Trinajstić information content (AvgIpc) is 2.89. The zero-order valence-electron chi connectivity index (χ0n) is 17.7. The van der Waals surface area contributed by atoms with Crippen molar-refractivity contribution in [1.82, 2.24) is 9.80 Å². The van der Waals surface area contributed by atoms with Crippen LogP contribution in [0.2, 0.25) is 0 Å². The molecule has 1 atom stereocenters. The molecule has 1 aromatic carbocycles. The Morgan fingerprint density at radius 1 is 1.24 bits per heavy atom. The van der Waals surface area contributed by atoms with Crippen LogP contribution in [0, 0.1) is 5.92 Å². The summed E-state index contributed by atoms with van der Waals surface area (Å²) in [6, 6.07) is 4.08. The summed E-state index contributed by atoms with van der Waals surface area (Å²) in [4.78, 5) is 40.4. The maximum Gasteiger partial charge on any atom is 0.308 e. The predicted molar refractivity (Wildman–Crippen MR) is 107 cm³/mol. The van der Waals surface area contributed by atoms with Crippen molar-refractivity contribution >= 4 is 17.7 Å². The van der Waals surface area contributed by atoms with Crippen LogP contribution in [0.15, 0.2) is 29.5 Å². The Balaban J connectivity index is 2.59. The van der Waals surface area contributed by atoms with Gasteiger partial charge in [0.2, 0.25) is 0 Å². The SMILES string of the molecule is COc1ccc(C2C(C(=O)C(C)C)=C(O)C(=O)N2CCN(C)C)cc1OC(C)=O. The van der Waals surface area contributed by atoms with Crippen molar-refractivity contribution in [2.24, 2.45) is 5.92 Å². The van der Waals surface area contributed by atoms with Gasteiger partial charge in [-0.1, -0.05) is 19.9 Å². The number of nitrogens with zero attached hydrogens (tertiary/aromatic N) is 2. The molecule has 0 radical (unpaired) electrons. The zero-order chi connectivity index (χ0) is 21.9. The van der Waals surface area contributed by atoms with Crippen molar-refractivity contribution in [2.45, 2.75) is 26.8 Å². The number of aliphatic hydroxyl groups is 1. The summed E-state index contributed by atoms with van der Waals surface area (Å²) in [7, 11) is 5.19. The lowest BCUT2D eigenvalue weighted by Crippen LogP contribution is -2.36. The molecule has 1 heterocycles. The molecule has 1 aliphatic heterocycles. The van der Waals surface area contributed by atoms with Gasteiger partial charge < -0.3 is 24.4 Å². The van der Waals surface area contributed by atoms with E-state index in [1.54, 1.807) is 32.0 Å². The van der Waals surface area contributed by atoms with Gasteiger partial charge in [-0.3, -0.25) is 14.4 Å². The van der Waals surface area contributed by atoms with Crippen LogP contribution in [0.4, 0.5) is 0 Å². The number of ether oxygens (including phenoxy) is 2. The number of benzene rings is 1. The van der Waals surface area contributed by atoms with E-state index < -0.39 is 29.6 Å². The van der Waals surface area contributed by atoms with Crippen LogP contribution in [0.25, 0.3) is 0 Å². The molecule has 0 aliphatic carbocycles. The summed E-state index contributed by atoms with van der Waals surface area (Å²) in [5.74, 6) is -1.83. The Kier molecular flexibility index (Phi) is 7.02. The molecule has 0 spiro atoms. The monoisotopic (exact) mass is 404 g/mol. The minimum Gasteiger partial charge on any atom is -0.503 e. The quantitative estimate of drug-likeness (QED) is 0.523. The van der Waals surface area contributed by atoms with Crippen molar-refractivity contribution in [3.63, 3.8) is 0 Å². The number of hydrogen-bond donors (Lipinski definition) is 1. The normalized spacial score (nSPS) is 16.8. The largest absolute Gasteiger partial charge is 0.503 e. The Hall–Kier alpha value is -2.87. The van der Waals surface area contributed by atoms with Gasteiger partial charge >= 0.3 is 5.97 Å². The number of amides is 1. The molecule has 8 heteroatoms. The number of esters is 1. The van der Waals surface area contributed by atoms with E-state index >= 15 is 0 Å². The van der Waals surface area contributed by atoms with Crippen molar-refractivity contribution in [2.75, 3.05) is 34.3 Å². The van der Waals surface area contributed by atoms with Crippen molar-refractivity contribution < 1.29 is 29.0 Å². The van der Waals surface area contributed by atoms with Gasteiger partial charge in [0.15, 0.2) is 23.0 Å². The number of ketones is 1. The van der Waals surface area contributed by atoms with Gasteiger partial charge in [-0.05, 0) is 31.8 Å². The van der Waals surface area contributed by atoms with E-state index in [0.29, 0.717) is 24.4 Å². The number of methoxy groups -OCH3 is 1. The average molecular weight is 404 g/mol. The minimum atomic E-state index is -0.780. The van der Waals surface area contributed by atoms with Gasteiger partial charge in [0.05, 0.1) is 18.7 Å². The zero-order valence-corrected chi connectivity index (χ0v) is 17.7. The topological polar surface area (TPSA) is 96.4 Å². The van der Waals surface area contributed by atoms with E-state index in [1.807, 2.05) is 19.0 Å². The molecule has 158 valence electrons. The van der Waals surface area contributed by atoms with Crippen molar-refractivity contribution in [1.29, 1.82) is 0 Å². The lowest BCUT2D eigenvalue weighted by Gasteiger charge is -2.28. The number of carbonyl (C=O) groups excluding carboxylic acids is 3. The molecule has 1 aromatic rings. The third kappa shape index (κ3) is 4.76. The molecule has 0 saturated carbocycles. The highest BCUT2D eigenvalue weighted by Gasteiger charge is 2.44. The first-order chi connectivity index (χ1) is 13.6. The van der Waals surface area contributed by atoms with Gasteiger partial charge in [0, 0.05) is 25.9 Å². The highest BCUT2D eigenvalue weighted by Crippen LogP contribution is 2.41. The molecule has 2 rings (SSSR count). The molecule has 1 N–H and O–H groups in total. The number of rotatable bonds is 8. The first-order valence-electron chi connectivity index (χ1n) is 9.37. The fourth-order valence-electron chi connectivity index (χ4n) is 3.20. The molecule has 1 amide bonds. The molecule has 1 unspecified atom stereocenters.